The molecule has 1 aromatic rings. The number of unbranched alkanes of at least 4 members (excludes halogenated alkanes) is 4. The fourth-order valence-electron chi connectivity index (χ4n) is 1.91. The van der Waals surface area contributed by atoms with Crippen molar-refractivity contribution in [2.75, 3.05) is 17.7 Å². The first-order chi connectivity index (χ1) is 10.0. The van der Waals surface area contributed by atoms with Gasteiger partial charge in [-0.15, -0.1) is 0 Å². The number of benzene rings is 1. The molecule has 0 aliphatic rings. The van der Waals surface area contributed by atoms with Gasteiger partial charge < -0.3 is 15.8 Å². The molecule has 1 amide bonds. The number of hydrogen-bond donors (Lipinski definition) is 2. The zero-order chi connectivity index (χ0) is 15.7. The van der Waals surface area contributed by atoms with Crippen molar-refractivity contribution in [3.63, 3.8) is 0 Å². The lowest BCUT2D eigenvalue weighted by molar-refractivity contribution is -0.126. The molecule has 5 heteroatoms. The Labute approximate surface area is 125 Å². The SMILES string of the molecule is CCCCCCCOC(C)C(=O)Nc1cc(N)ccc1F. The van der Waals surface area contributed by atoms with Crippen molar-refractivity contribution >= 4 is 17.3 Å². The van der Waals surface area contributed by atoms with E-state index < -0.39 is 11.9 Å². The number of nitrogens with two attached hydrogens (primary N) is 1. The van der Waals surface area contributed by atoms with Crippen LogP contribution in [0.4, 0.5) is 15.8 Å². The largest absolute Gasteiger partial charge is 0.399 e. The molecule has 0 bridgehead atoms. The van der Waals surface area contributed by atoms with Gasteiger partial charge >= 0.3 is 0 Å². The molecule has 1 rings (SSSR count). The van der Waals surface area contributed by atoms with Crippen LogP contribution in [0.15, 0.2) is 18.2 Å². The van der Waals surface area contributed by atoms with Gasteiger partial charge in [-0.1, -0.05) is 32.6 Å². The molecule has 1 aromatic carbocycles. The van der Waals surface area contributed by atoms with E-state index in [1.54, 1.807) is 6.92 Å². The third-order valence-corrected chi connectivity index (χ3v) is 3.23. The zero-order valence-electron chi connectivity index (χ0n) is 12.8. The molecule has 0 spiro atoms. The molecule has 0 radical (unpaired) electrons. The van der Waals surface area contributed by atoms with Crippen LogP contribution in [0.1, 0.15) is 46.0 Å². The van der Waals surface area contributed by atoms with Crippen LogP contribution in [0.3, 0.4) is 0 Å². The second kappa shape index (κ2) is 9.34. The van der Waals surface area contributed by atoms with Gasteiger partial charge in [0.05, 0.1) is 5.69 Å². The van der Waals surface area contributed by atoms with Crippen LogP contribution < -0.4 is 11.1 Å². The fourth-order valence-corrected chi connectivity index (χ4v) is 1.91. The third-order valence-electron chi connectivity index (χ3n) is 3.23. The third kappa shape index (κ3) is 6.58. The number of rotatable bonds is 9. The minimum Gasteiger partial charge on any atom is -0.399 e. The van der Waals surface area contributed by atoms with Crippen LogP contribution in [-0.4, -0.2) is 18.6 Å². The zero-order valence-corrected chi connectivity index (χ0v) is 12.8. The maximum absolute atomic E-state index is 13.5. The number of carbonyl (C=O) groups excluding carboxylic acids is 1. The highest BCUT2D eigenvalue weighted by atomic mass is 19.1. The second-order valence-electron chi connectivity index (χ2n) is 5.16. The Balaban J connectivity index is 2.32. The Kier molecular flexibility index (Phi) is 7.75. The highest BCUT2D eigenvalue weighted by Crippen LogP contribution is 2.17. The van der Waals surface area contributed by atoms with Crippen LogP contribution >= 0.6 is 0 Å². The first-order valence-electron chi connectivity index (χ1n) is 7.52. The number of nitrogens with one attached hydrogen (secondary N) is 1. The summed E-state index contributed by atoms with van der Waals surface area (Å²) in [4.78, 5) is 11.9. The molecule has 4 nitrogen and oxygen atoms in total. The average molecular weight is 296 g/mol. The van der Waals surface area contributed by atoms with Gasteiger partial charge in [0.2, 0.25) is 0 Å². The highest BCUT2D eigenvalue weighted by Gasteiger charge is 2.15. The number of nitrogen functional groups attached to an aromatic ring is 1. The predicted molar refractivity (Wildman–Crippen MR) is 83.6 cm³/mol. The molecule has 0 fully saturated rings. The normalized spacial score (nSPS) is 12.1. The van der Waals surface area contributed by atoms with Crippen molar-refractivity contribution in [2.45, 2.75) is 52.1 Å². The topological polar surface area (TPSA) is 64.3 Å². The number of carbonyl (C=O) groups is 1. The van der Waals surface area contributed by atoms with Gasteiger partial charge in [-0.3, -0.25) is 4.79 Å². The van der Waals surface area contributed by atoms with E-state index in [0.717, 1.165) is 12.8 Å². The van der Waals surface area contributed by atoms with Crippen LogP contribution in [0.25, 0.3) is 0 Å². The minimum absolute atomic E-state index is 0.0818. The standard InChI is InChI=1S/C16H25FN2O2/c1-3-4-5-6-7-10-21-12(2)16(20)19-15-11-13(18)8-9-14(15)17/h8-9,11-12H,3-7,10,18H2,1-2H3,(H,19,20). The Morgan fingerprint density at radius 2 is 2.05 bits per heavy atom. The molecule has 0 heterocycles. The molecule has 1 unspecified atom stereocenters. The molecule has 0 saturated heterocycles. The van der Waals surface area contributed by atoms with Crippen molar-refractivity contribution in [2.24, 2.45) is 0 Å². The predicted octanol–water partition coefficient (Wildman–Crippen LogP) is 3.72. The number of halogens is 1. The van der Waals surface area contributed by atoms with Gasteiger partial charge in [-0.2, -0.15) is 0 Å². The first-order valence-corrected chi connectivity index (χ1v) is 7.52. The molecular formula is C16H25FN2O2. The maximum Gasteiger partial charge on any atom is 0.253 e. The molecule has 0 aliphatic carbocycles. The van der Waals surface area contributed by atoms with E-state index >= 15 is 0 Å². The average Bonchev–Trinajstić information content (AvgIpc) is 2.46. The second-order valence-corrected chi connectivity index (χ2v) is 5.16. The van der Waals surface area contributed by atoms with E-state index in [9.17, 15) is 9.18 Å². The molecule has 0 saturated carbocycles. The number of ether oxygens (including phenoxy) is 1. The molecule has 1 atom stereocenters. The monoisotopic (exact) mass is 296 g/mol. The van der Waals surface area contributed by atoms with Gasteiger partial charge in [0, 0.05) is 12.3 Å². The summed E-state index contributed by atoms with van der Waals surface area (Å²) in [7, 11) is 0. The van der Waals surface area contributed by atoms with Gasteiger partial charge in [-0.25, -0.2) is 4.39 Å². The molecular weight excluding hydrogens is 271 g/mol. The smallest absolute Gasteiger partial charge is 0.253 e. The van der Waals surface area contributed by atoms with Crippen molar-refractivity contribution < 1.29 is 13.9 Å². The summed E-state index contributed by atoms with van der Waals surface area (Å²) in [5.41, 5.74) is 6.05. The highest BCUT2D eigenvalue weighted by molar-refractivity contribution is 5.94. The maximum atomic E-state index is 13.5. The van der Waals surface area contributed by atoms with Crippen molar-refractivity contribution in [1.29, 1.82) is 0 Å². The molecule has 0 aliphatic heterocycles. The minimum atomic E-state index is -0.614. The van der Waals surface area contributed by atoms with E-state index in [1.165, 1.54) is 37.5 Å². The van der Waals surface area contributed by atoms with Crippen LogP contribution in [0.5, 0.6) is 0 Å². The van der Waals surface area contributed by atoms with Crippen molar-refractivity contribution in [3.8, 4) is 0 Å². The summed E-state index contributed by atoms with van der Waals surface area (Å²) in [6, 6.07) is 4.07. The summed E-state index contributed by atoms with van der Waals surface area (Å²) in [6.07, 6.45) is 5.04. The van der Waals surface area contributed by atoms with Crippen LogP contribution in [-0.2, 0) is 9.53 Å². The Bertz CT molecular complexity index is 452. The van der Waals surface area contributed by atoms with Gasteiger partial charge in [0.25, 0.3) is 5.91 Å². The number of hydrogen-bond acceptors (Lipinski definition) is 3. The summed E-state index contributed by atoms with van der Waals surface area (Å²) in [6.45, 7) is 4.36. The van der Waals surface area contributed by atoms with Gasteiger partial charge in [0.15, 0.2) is 0 Å². The first kappa shape index (κ1) is 17.4. The summed E-state index contributed by atoms with van der Waals surface area (Å²) in [5, 5.41) is 2.49. The van der Waals surface area contributed by atoms with Crippen LogP contribution in [0, 0.1) is 5.82 Å². The molecule has 3 N–H and O–H groups in total. The van der Waals surface area contributed by atoms with E-state index in [2.05, 4.69) is 12.2 Å². The molecule has 21 heavy (non-hydrogen) atoms. The number of anilines is 2. The Hall–Kier alpha value is -1.62. The van der Waals surface area contributed by atoms with E-state index in [-0.39, 0.29) is 11.6 Å². The van der Waals surface area contributed by atoms with E-state index in [1.807, 2.05) is 0 Å². The lowest BCUT2D eigenvalue weighted by Crippen LogP contribution is -2.28. The van der Waals surface area contributed by atoms with E-state index in [4.69, 9.17) is 10.5 Å². The van der Waals surface area contributed by atoms with Crippen LogP contribution in [0.2, 0.25) is 0 Å². The Morgan fingerprint density at radius 3 is 2.76 bits per heavy atom. The van der Waals surface area contributed by atoms with Gasteiger partial charge in [-0.05, 0) is 31.5 Å². The summed E-state index contributed by atoms with van der Waals surface area (Å²) < 4.78 is 19.0. The fraction of sp³-hybridized carbons (Fsp3) is 0.562. The Morgan fingerprint density at radius 1 is 1.33 bits per heavy atom. The molecule has 0 aromatic heterocycles. The van der Waals surface area contributed by atoms with Crippen molar-refractivity contribution in [1.82, 2.24) is 0 Å². The molecule has 118 valence electrons. The lowest BCUT2D eigenvalue weighted by Gasteiger charge is -2.14. The summed E-state index contributed by atoms with van der Waals surface area (Å²) in [5.74, 6) is -0.877. The number of amides is 1. The lowest BCUT2D eigenvalue weighted by atomic mass is 10.2. The van der Waals surface area contributed by atoms with Crippen molar-refractivity contribution in [3.05, 3.63) is 24.0 Å². The summed E-state index contributed by atoms with van der Waals surface area (Å²) >= 11 is 0. The van der Waals surface area contributed by atoms with Gasteiger partial charge in [0.1, 0.15) is 11.9 Å². The van der Waals surface area contributed by atoms with E-state index in [0.29, 0.717) is 12.3 Å². The quantitative estimate of drug-likeness (QED) is 0.539.